The Labute approximate surface area is 163 Å². The van der Waals surface area contributed by atoms with Gasteiger partial charge in [-0.1, -0.05) is 26.0 Å². The van der Waals surface area contributed by atoms with Gasteiger partial charge in [0.25, 0.3) is 0 Å². The van der Waals surface area contributed by atoms with Crippen LogP contribution in [-0.4, -0.2) is 74.4 Å². The number of likely N-dealkylation sites (tertiary alicyclic amines) is 1. The quantitative estimate of drug-likeness (QED) is 0.832. The van der Waals surface area contributed by atoms with E-state index in [1.807, 2.05) is 12.1 Å². The van der Waals surface area contributed by atoms with E-state index in [1.54, 1.807) is 0 Å². The second kappa shape index (κ2) is 9.04. The molecule has 1 aromatic carbocycles. The first-order valence-corrected chi connectivity index (χ1v) is 10.1. The van der Waals surface area contributed by atoms with Crippen LogP contribution in [0.15, 0.2) is 24.3 Å². The number of hydrogen-bond donors (Lipinski definition) is 2. The van der Waals surface area contributed by atoms with Crippen molar-refractivity contribution in [1.29, 1.82) is 0 Å². The lowest BCUT2D eigenvalue weighted by atomic mass is 9.85. The van der Waals surface area contributed by atoms with E-state index in [0.29, 0.717) is 12.5 Å². The van der Waals surface area contributed by atoms with E-state index in [-0.39, 0.29) is 11.6 Å². The number of urea groups is 1. The second-order valence-electron chi connectivity index (χ2n) is 8.21. The lowest BCUT2D eigenvalue weighted by molar-refractivity contribution is -0.0434. The average Bonchev–Trinajstić information content (AvgIpc) is 2.69. The van der Waals surface area contributed by atoms with E-state index in [0.717, 1.165) is 57.9 Å². The first-order valence-electron chi connectivity index (χ1n) is 10.1. The van der Waals surface area contributed by atoms with Gasteiger partial charge in [0.15, 0.2) is 0 Å². The van der Waals surface area contributed by atoms with Crippen molar-refractivity contribution in [3.05, 3.63) is 29.8 Å². The predicted octanol–water partition coefficient (Wildman–Crippen LogP) is 2.73. The summed E-state index contributed by atoms with van der Waals surface area (Å²) in [5, 5.41) is 6.11. The molecule has 2 aliphatic heterocycles. The van der Waals surface area contributed by atoms with E-state index in [4.69, 9.17) is 4.74 Å². The molecule has 0 aromatic heterocycles. The Hall–Kier alpha value is -1.63. The lowest BCUT2D eigenvalue weighted by Crippen LogP contribution is -2.62. The fourth-order valence-electron chi connectivity index (χ4n) is 4.05. The highest BCUT2D eigenvalue weighted by atomic mass is 16.5. The number of carbonyl (C=O) groups is 1. The molecular weight excluding hydrogens is 340 g/mol. The predicted molar refractivity (Wildman–Crippen MR) is 109 cm³/mol. The second-order valence-corrected chi connectivity index (χ2v) is 8.21. The van der Waals surface area contributed by atoms with Gasteiger partial charge in [0.2, 0.25) is 0 Å². The first kappa shape index (κ1) is 20.1. The lowest BCUT2D eigenvalue weighted by Gasteiger charge is -2.49. The SMILES string of the molecule is CC(C)c1ccc(NC(=O)NCC2(N3CCOCC3)CCN(C)CC2)cc1. The molecule has 0 aliphatic carbocycles. The zero-order chi connectivity index (χ0) is 19.3. The molecule has 2 heterocycles. The van der Waals surface area contributed by atoms with Gasteiger partial charge in [-0.3, -0.25) is 4.90 Å². The van der Waals surface area contributed by atoms with Crippen LogP contribution in [-0.2, 0) is 4.74 Å². The van der Waals surface area contributed by atoms with Crippen LogP contribution in [0.25, 0.3) is 0 Å². The summed E-state index contributed by atoms with van der Waals surface area (Å²) in [4.78, 5) is 17.4. The maximum Gasteiger partial charge on any atom is 0.319 e. The Balaban J connectivity index is 1.58. The molecule has 0 unspecified atom stereocenters. The van der Waals surface area contributed by atoms with Crippen molar-refractivity contribution >= 4 is 11.7 Å². The number of piperidine rings is 1. The Bertz CT molecular complexity index is 603. The Morgan fingerprint density at radius 3 is 2.33 bits per heavy atom. The molecule has 2 N–H and O–H groups in total. The average molecular weight is 375 g/mol. The van der Waals surface area contributed by atoms with E-state index < -0.39 is 0 Å². The third-order valence-corrected chi connectivity index (χ3v) is 6.01. The largest absolute Gasteiger partial charge is 0.379 e. The van der Waals surface area contributed by atoms with Crippen molar-refractivity contribution in [2.45, 2.75) is 38.1 Å². The van der Waals surface area contributed by atoms with Crippen molar-refractivity contribution in [1.82, 2.24) is 15.1 Å². The van der Waals surface area contributed by atoms with E-state index in [2.05, 4.69) is 53.5 Å². The minimum absolute atomic E-state index is 0.0368. The molecular formula is C21H34N4O2. The summed E-state index contributed by atoms with van der Waals surface area (Å²) in [5.41, 5.74) is 2.15. The molecule has 0 bridgehead atoms. The van der Waals surface area contributed by atoms with Crippen LogP contribution in [0, 0.1) is 0 Å². The minimum atomic E-state index is -0.126. The highest BCUT2D eigenvalue weighted by Gasteiger charge is 2.40. The number of rotatable bonds is 5. The zero-order valence-corrected chi connectivity index (χ0v) is 17.0. The summed E-state index contributed by atoms with van der Waals surface area (Å²) in [5.74, 6) is 0.491. The van der Waals surface area contributed by atoms with Gasteiger partial charge in [-0.25, -0.2) is 4.79 Å². The maximum atomic E-state index is 12.5. The van der Waals surface area contributed by atoms with Crippen LogP contribution < -0.4 is 10.6 Å². The number of anilines is 1. The minimum Gasteiger partial charge on any atom is -0.379 e. The number of ether oxygens (including phenoxy) is 1. The fourth-order valence-corrected chi connectivity index (χ4v) is 4.05. The third-order valence-electron chi connectivity index (χ3n) is 6.01. The third kappa shape index (κ3) is 5.21. The summed E-state index contributed by atoms with van der Waals surface area (Å²) in [6.07, 6.45) is 2.15. The van der Waals surface area contributed by atoms with Crippen LogP contribution in [0.2, 0.25) is 0 Å². The van der Waals surface area contributed by atoms with Crippen molar-refractivity contribution < 1.29 is 9.53 Å². The van der Waals surface area contributed by atoms with Crippen molar-refractivity contribution in [3.8, 4) is 0 Å². The van der Waals surface area contributed by atoms with Gasteiger partial charge in [0.05, 0.1) is 13.2 Å². The molecule has 6 heteroatoms. The van der Waals surface area contributed by atoms with Gasteiger partial charge in [0, 0.05) is 30.9 Å². The molecule has 6 nitrogen and oxygen atoms in total. The molecule has 2 aliphatic rings. The summed E-state index contributed by atoms with van der Waals surface area (Å²) >= 11 is 0. The van der Waals surface area contributed by atoms with Gasteiger partial charge in [-0.2, -0.15) is 0 Å². The van der Waals surface area contributed by atoms with E-state index in [9.17, 15) is 4.79 Å². The number of nitrogens with one attached hydrogen (secondary N) is 2. The zero-order valence-electron chi connectivity index (χ0n) is 17.0. The molecule has 2 fully saturated rings. The highest BCUT2D eigenvalue weighted by Crippen LogP contribution is 2.29. The van der Waals surface area contributed by atoms with E-state index in [1.165, 1.54) is 5.56 Å². The van der Waals surface area contributed by atoms with Gasteiger partial charge < -0.3 is 20.3 Å². The molecule has 0 saturated carbocycles. The molecule has 27 heavy (non-hydrogen) atoms. The summed E-state index contributed by atoms with van der Waals surface area (Å²) in [6.45, 7) is 10.6. The van der Waals surface area contributed by atoms with Crippen molar-refractivity contribution in [2.75, 3.05) is 58.3 Å². The molecule has 0 radical (unpaired) electrons. The normalized spacial score (nSPS) is 21.2. The number of amides is 2. The van der Waals surface area contributed by atoms with Gasteiger partial charge in [0.1, 0.15) is 0 Å². The monoisotopic (exact) mass is 374 g/mol. The highest BCUT2D eigenvalue weighted by molar-refractivity contribution is 5.89. The van der Waals surface area contributed by atoms with Crippen LogP contribution in [0.4, 0.5) is 10.5 Å². The van der Waals surface area contributed by atoms with Crippen molar-refractivity contribution in [2.24, 2.45) is 0 Å². The van der Waals surface area contributed by atoms with Gasteiger partial charge >= 0.3 is 6.03 Å². The molecule has 2 saturated heterocycles. The smallest absolute Gasteiger partial charge is 0.319 e. The number of nitrogens with zero attached hydrogens (tertiary/aromatic N) is 2. The summed E-state index contributed by atoms with van der Waals surface area (Å²) in [7, 11) is 2.17. The summed E-state index contributed by atoms with van der Waals surface area (Å²) in [6, 6.07) is 7.97. The fraction of sp³-hybridized carbons (Fsp3) is 0.667. The summed E-state index contributed by atoms with van der Waals surface area (Å²) < 4.78 is 5.54. The van der Waals surface area contributed by atoms with E-state index >= 15 is 0 Å². The Morgan fingerprint density at radius 2 is 1.74 bits per heavy atom. The topological polar surface area (TPSA) is 56.8 Å². The molecule has 150 valence electrons. The molecule has 2 amide bonds. The number of carbonyl (C=O) groups excluding carboxylic acids is 1. The van der Waals surface area contributed by atoms with Gasteiger partial charge in [-0.15, -0.1) is 0 Å². The molecule has 0 spiro atoms. The van der Waals surface area contributed by atoms with Crippen LogP contribution >= 0.6 is 0 Å². The van der Waals surface area contributed by atoms with Crippen LogP contribution in [0.5, 0.6) is 0 Å². The van der Waals surface area contributed by atoms with Crippen molar-refractivity contribution in [3.63, 3.8) is 0 Å². The number of hydrogen-bond acceptors (Lipinski definition) is 4. The maximum absolute atomic E-state index is 12.5. The Kier molecular flexibility index (Phi) is 6.73. The van der Waals surface area contributed by atoms with Gasteiger partial charge in [-0.05, 0) is 56.6 Å². The standard InChI is InChI=1S/C21H34N4O2/c1-17(2)18-4-6-19(7-5-18)23-20(26)22-16-21(8-10-24(3)11-9-21)25-12-14-27-15-13-25/h4-7,17H,8-16H2,1-3H3,(H2,22,23,26). The van der Waals surface area contributed by atoms with Crippen LogP contribution in [0.3, 0.4) is 0 Å². The first-order chi connectivity index (χ1) is 13.0. The number of benzene rings is 1. The molecule has 3 rings (SSSR count). The number of morpholine rings is 1. The van der Waals surface area contributed by atoms with Crippen LogP contribution in [0.1, 0.15) is 38.2 Å². The Morgan fingerprint density at radius 1 is 1.11 bits per heavy atom. The molecule has 1 aromatic rings. The molecule has 0 atom stereocenters.